The summed E-state index contributed by atoms with van der Waals surface area (Å²) in [6.07, 6.45) is 3.76. The van der Waals surface area contributed by atoms with Crippen molar-refractivity contribution in [3.63, 3.8) is 0 Å². The van der Waals surface area contributed by atoms with E-state index in [0.29, 0.717) is 55.8 Å². The van der Waals surface area contributed by atoms with Gasteiger partial charge in [-0.25, -0.2) is 9.79 Å². The standard InChI is InChI=1S/C33H37N3O8S/c1-6-42-26-16-21(10-12-25(26)44-19-28(37)35-14-8-9-15-35)17-27-31(38)36-30(23-18-22(40-4)11-13-24(23)41-5)29(32(39)43-7-2)20(3)34-33(36)45-27/h10-13,16-18,30H,6-9,14-15,19H2,1-5H3/b27-17+/t30-/m1/s1. The van der Waals surface area contributed by atoms with Crippen LogP contribution in [0, 0.1) is 0 Å². The summed E-state index contributed by atoms with van der Waals surface area (Å²) in [7, 11) is 3.07. The van der Waals surface area contributed by atoms with Crippen molar-refractivity contribution in [2.24, 2.45) is 4.99 Å². The second-order valence-corrected chi connectivity index (χ2v) is 11.4. The molecule has 11 nitrogen and oxygen atoms in total. The number of hydrogen-bond donors (Lipinski definition) is 0. The molecule has 0 N–H and O–H groups in total. The van der Waals surface area contributed by atoms with Crippen LogP contribution >= 0.6 is 11.3 Å². The minimum absolute atomic E-state index is 0.0557. The second-order valence-electron chi connectivity index (χ2n) is 10.4. The fourth-order valence-corrected chi connectivity index (χ4v) is 6.54. The van der Waals surface area contributed by atoms with Crippen LogP contribution in [-0.2, 0) is 14.3 Å². The topological polar surface area (TPSA) is 118 Å². The fraction of sp³-hybridized carbons (Fsp3) is 0.394. The molecule has 1 atom stereocenters. The van der Waals surface area contributed by atoms with Gasteiger partial charge >= 0.3 is 5.97 Å². The Morgan fingerprint density at radius 1 is 0.978 bits per heavy atom. The van der Waals surface area contributed by atoms with Gasteiger partial charge in [-0.05, 0) is 75.6 Å². The van der Waals surface area contributed by atoms with E-state index in [1.165, 1.54) is 23.0 Å². The zero-order chi connectivity index (χ0) is 32.1. The molecule has 1 amide bonds. The summed E-state index contributed by atoms with van der Waals surface area (Å²) in [5.74, 6) is 1.31. The maximum Gasteiger partial charge on any atom is 0.338 e. The number of methoxy groups -OCH3 is 2. The number of benzene rings is 2. The van der Waals surface area contributed by atoms with Crippen molar-refractivity contribution in [3.8, 4) is 23.0 Å². The molecule has 0 bridgehead atoms. The number of esters is 1. The molecule has 238 valence electrons. The highest BCUT2D eigenvalue weighted by atomic mass is 32.1. The molecule has 2 aliphatic heterocycles. The summed E-state index contributed by atoms with van der Waals surface area (Å²) < 4.78 is 30.1. The molecule has 12 heteroatoms. The SMILES string of the molecule is CCOC(=O)C1=C(C)N=c2s/c(=C/c3ccc(OCC(=O)N4CCCC4)c(OCC)c3)c(=O)n2[C@@H]1c1cc(OC)ccc1OC. The number of rotatable bonds is 11. The Morgan fingerprint density at radius 3 is 2.42 bits per heavy atom. The zero-order valence-corrected chi connectivity index (χ0v) is 26.9. The van der Waals surface area contributed by atoms with E-state index in [2.05, 4.69) is 4.99 Å². The third-order valence-corrected chi connectivity index (χ3v) is 8.61. The van der Waals surface area contributed by atoms with Crippen molar-refractivity contribution < 1.29 is 33.3 Å². The summed E-state index contributed by atoms with van der Waals surface area (Å²) in [4.78, 5) is 46.8. The highest BCUT2D eigenvalue weighted by molar-refractivity contribution is 7.07. The van der Waals surface area contributed by atoms with Crippen molar-refractivity contribution in [1.82, 2.24) is 9.47 Å². The number of allylic oxidation sites excluding steroid dienone is 1. The number of thiazole rings is 1. The summed E-state index contributed by atoms with van der Waals surface area (Å²) in [5.41, 5.74) is 1.60. The molecule has 0 aliphatic carbocycles. The first kappa shape index (κ1) is 31.8. The van der Waals surface area contributed by atoms with E-state index in [4.69, 9.17) is 23.7 Å². The van der Waals surface area contributed by atoms with Gasteiger partial charge in [0.25, 0.3) is 11.5 Å². The van der Waals surface area contributed by atoms with Crippen LogP contribution in [0.3, 0.4) is 0 Å². The van der Waals surface area contributed by atoms with Crippen molar-refractivity contribution in [1.29, 1.82) is 0 Å². The van der Waals surface area contributed by atoms with Gasteiger partial charge in [-0.2, -0.15) is 0 Å². The predicted molar refractivity (Wildman–Crippen MR) is 169 cm³/mol. The minimum Gasteiger partial charge on any atom is -0.497 e. The monoisotopic (exact) mass is 635 g/mol. The molecule has 0 radical (unpaired) electrons. The second kappa shape index (κ2) is 14.0. The van der Waals surface area contributed by atoms with Crippen LogP contribution in [0.15, 0.2) is 57.5 Å². The van der Waals surface area contributed by atoms with Gasteiger partial charge in [0.05, 0.1) is 43.2 Å². The Bertz CT molecular complexity index is 1800. The Morgan fingerprint density at radius 2 is 1.73 bits per heavy atom. The van der Waals surface area contributed by atoms with Crippen LogP contribution in [-0.4, -0.2) is 68.5 Å². The summed E-state index contributed by atoms with van der Waals surface area (Å²) in [6.45, 7) is 7.29. The first-order valence-electron chi connectivity index (χ1n) is 14.9. The summed E-state index contributed by atoms with van der Waals surface area (Å²) in [6, 6.07) is 9.68. The van der Waals surface area contributed by atoms with E-state index < -0.39 is 12.0 Å². The predicted octanol–water partition coefficient (Wildman–Crippen LogP) is 3.22. The number of nitrogens with zero attached hydrogens (tertiary/aromatic N) is 3. The van der Waals surface area contributed by atoms with Gasteiger partial charge in [-0.3, -0.25) is 14.2 Å². The molecule has 3 aromatic rings. The Labute approximate surface area is 265 Å². The lowest BCUT2D eigenvalue weighted by Crippen LogP contribution is -2.40. The molecule has 3 heterocycles. The quantitative estimate of drug-likeness (QED) is 0.295. The van der Waals surface area contributed by atoms with Crippen LogP contribution in [0.4, 0.5) is 0 Å². The van der Waals surface area contributed by atoms with Crippen molar-refractivity contribution in [2.75, 3.05) is 47.1 Å². The van der Waals surface area contributed by atoms with Crippen LogP contribution < -0.4 is 33.8 Å². The van der Waals surface area contributed by atoms with Crippen molar-refractivity contribution in [3.05, 3.63) is 78.5 Å². The zero-order valence-electron chi connectivity index (χ0n) is 26.1. The van der Waals surface area contributed by atoms with Gasteiger partial charge in [-0.15, -0.1) is 0 Å². The van der Waals surface area contributed by atoms with Crippen LogP contribution in [0.2, 0.25) is 0 Å². The molecule has 5 rings (SSSR count). The van der Waals surface area contributed by atoms with Gasteiger partial charge in [0.1, 0.15) is 17.5 Å². The van der Waals surface area contributed by atoms with E-state index in [9.17, 15) is 14.4 Å². The smallest absolute Gasteiger partial charge is 0.338 e. The molecule has 2 aliphatic rings. The Hall–Kier alpha value is -4.58. The van der Waals surface area contributed by atoms with E-state index in [1.54, 1.807) is 68.3 Å². The Balaban J connectivity index is 1.57. The number of carbonyl (C=O) groups is 2. The fourth-order valence-electron chi connectivity index (χ4n) is 5.49. The summed E-state index contributed by atoms with van der Waals surface area (Å²) >= 11 is 1.21. The van der Waals surface area contributed by atoms with Crippen LogP contribution in [0.25, 0.3) is 6.08 Å². The lowest BCUT2D eigenvalue weighted by Gasteiger charge is -2.26. The molecule has 45 heavy (non-hydrogen) atoms. The average Bonchev–Trinajstić information content (AvgIpc) is 3.68. The Kier molecular flexibility index (Phi) is 9.92. The molecule has 1 saturated heterocycles. The van der Waals surface area contributed by atoms with Gasteiger partial charge in [-0.1, -0.05) is 17.4 Å². The van der Waals surface area contributed by atoms with E-state index >= 15 is 0 Å². The molecule has 0 saturated carbocycles. The number of fused-ring (bicyclic) bond motifs is 1. The van der Waals surface area contributed by atoms with Crippen molar-refractivity contribution >= 4 is 29.3 Å². The highest BCUT2D eigenvalue weighted by Crippen LogP contribution is 2.38. The van der Waals surface area contributed by atoms with Gasteiger partial charge in [0.15, 0.2) is 22.9 Å². The lowest BCUT2D eigenvalue weighted by atomic mass is 9.94. The highest BCUT2D eigenvalue weighted by Gasteiger charge is 2.35. The summed E-state index contributed by atoms with van der Waals surface area (Å²) in [5, 5.41) is 0. The van der Waals surface area contributed by atoms with Crippen molar-refractivity contribution in [2.45, 2.75) is 39.7 Å². The molecular weight excluding hydrogens is 598 g/mol. The van der Waals surface area contributed by atoms with Crippen LogP contribution in [0.5, 0.6) is 23.0 Å². The maximum absolute atomic E-state index is 14.1. The van der Waals surface area contributed by atoms with E-state index in [1.807, 2.05) is 6.92 Å². The molecular formula is C33H37N3O8S. The van der Waals surface area contributed by atoms with Gasteiger partial charge in [0, 0.05) is 18.7 Å². The third kappa shape index (κ3) is 6.60. The largest absolute Gasteiger partial charge is 0.497 e. The average molecular weight is 636 g/mol. The van der Waals surface area contributed by atoms with Gasteiger partial charge < -0.3 is 28.6 Å². The molecule has 1 fully saturated rings. The molecule has 0 spiro atoms. The molecule has 2 aromatic carbocycles. The molecule has 1 aromatic heterocycles. The number of amides is 1. The first-order chi connectivity index (χ1) is 21.8. The first-order valence-corrected chi connectivity index (χ1v) is 15.7. The van der Waals surface area contributed by atoms with E-state index in [-0.39, 0.29) is 30.3 Å². The molecule has 0 unspecified atom stereocenters. The number of hydrogen-bond acceptors (Lipinski definition) is 10. The van der Waals surface area contributed by atoms with Gasteiger partial charge in [0.2, 0.25) is 0 Å². The number of likely N-dealkylation sites (tertiary alicyclic amines) is 1. The maximum atomic E-state index is 14.1. The minimum atomic E-state index is -0.865. The van der Waals surface area contributed by atoms with Crippen LogP contribution in [0.1, 0.15) is 50.8 Å². The third-order valence-electron chi connectivity index (χ3n) is 7.62. The lowest BCUT2D eigenvalue weighted by molar-refractivity contribution is -0.139. The number of carbonyl (C=O) groups excluding carboxylic acids is 2. The number of ether oxygens (including phenoxy) is 5. The normalized spacial score (nSPS) is 16.2. The van der Waals surface area contributed by atoms with E-state index in [0.717, 1.165) is 25.9 Å². The number of aromatic nitrogens is 1.